The lowest BCUT2D eigenvalue weighted by Gasteiger charge is -2.14. The van der Waals surface area contributed by atoms with Gasteiger partial charge >= 0.3 is 5.97 Å². The Hall–Kier alpha value is -1.85. The van der Waals surface area contributed by atoms with Crippen molar-refractivity contribution in [1.29, 1.82) is 0 Å². The summed E-state index contributed by atoms with van der Waals surface area (Å²) in [4.78, 5) is 25.1. The van der Waals surface area contributed by atoms with Gasteiger partial charge in [0.25, 0.3) is 5.91 Å². The minimum atomic E-state index is -0.806. The van der Waals surface area contributed by atoms with E-state index in [4.69, 9.17) is 0 Å². The summed E-state index contributed by atoms with van der Waals surface area (Å²) in [5.74, 6) is -1.32. The Labute approximate surface area is 112 Å². The molecule has 2 heterocycles. The quantitative estimate of drug-likeness (QED) is 0.881. The smallest absolute Gasteiger partial charge is 0.308 e. The summed E-state index contributed by atoms with van der Waals surface area (Å²) in [6, 6.07) is 0. The predicted molar refractivity (Wildman–Crippen MR) is 68.6 cm³/mol. The van der Waals surface area contributed by atoms with Crippen LogP contribution in [-0.4, -0.2) is 44.8 Å². The third-order valence-corrected chi connectivity index (χ3v) is 3.66. The summed E-state index contributed by atoms with van der Waals surface area (Å²) >= 11 is 0. The second-order valence-corrected chi connectivity index (χ2v) is 5.11. The Morgan fingerprint density at radius 1 is 1.47 bits per heavy atom. The summed E-state index contributed by atoms with van der Waals surface area (Å²) in [5.41, 5.74) is 0.517. The number of hydrogen-bond donors (Lipinski definition) is 1. The zero-order valence-corrected chi connectivity index (χ0v) is 11.2. The van der Waals surface area contributed by atoms with Crippen LogP contribution in [0.3, 0.4) is 0 Å². The SMILES string of the molecule is CCC[C@@H]1CN(C(=O)c2cnn(C)c2)C[C@H]1C(=O)O. The summed E-state index contributed by atoms with van der Waals surface area (Å²) in [5, 5.41) is 13.2. The van der Waals surface area contributed by atoms with Crippen molar-refractivity contribution in [3.8, 4) is 0 Å². The highest BCUT2D eigenvalue weighted by atomic mass is 16.4. The van der Waals surface area contributed by atoms with E-state index < -0.39 is 11.9 Å². The highest BCUT2D eigenvalue weighted by Gasteiger charge is 2.39. The van der Waals surface area contributed by atoms with Crippen LogP contribution in [0.5, 0.6) is 0 Å². The first kappa shape index (κ1) is 13.6. The van der Waals surface area contributed by atoms with Gasteiger partial charge in [-0.15, -0.1) is 0 Å². The van der Waals surface area contributed by atoms with E-state index in [-0.39, 0.29) is 11.8 Å². The van der Waals surface area contributed by atoms with Crippen molar-refractivity contribution in [2.24, 2.45) is 18.9 Å². The van der Waals surface area contributed by atoms with E-state index in [0.29, 0.717) is 18.7 Å². The molecule has 0 unspecified atom stereocenters. The first-order valence-corrected chi connectivity index (χ1v) is 6.53. The number of amides is 1. The molecular formula is C13H19N3O3. The predicted octanol–water partition coefficient (Wildman–Crippen LogP) is 0.993. The van der Waals surface area contributed by atoms with Gasteiger partial charge in [0.05, 0.1) is 17.7 Å². The fourth-order valence-corrected chi connectivity index (χ4v) is 2.69. The highest BCUT2D eigenvalue weighted by Crippen LogP contribution is 2.28. The van der Waals surface area contributed by atoms with Gasteiger partial charge in [-0.2, -0.15) is 5.10 Å². The number of aryl methyl sites for hydroxylation is 1. The first-order valence-electron chi connectivity index (χ1n) is 6.53. The van der Waals surface area contributed by atoms with E-state index in [1.807, 2.05) is 6.92 Å². The van der Waals surface area contributed by atoms with E-state index >= 15 is 0 Å². The average Bonchev–Trinajstić information content (AvgIpc) is 2.95. The van der Waals surface area contributed by atoms with Crippen LogP contribution in [0.2, 0.25) is 0 Å². The minimum absolute atomic E-state index is 0.0584. The van der Waals surface area contributed by atoms with Crippen molar-refractivity contribution < 1.29 is 14.7 Å². The molecule has 2 rings (SSSR count). The zero-order valence-electron chi connectivity index (χ0n) is 11.2. The molecule has 0 bridgehead atoms. The van der Waals surface area contributed by atoms with Crippen molar-refractivity contribution >= 4 is 11.9 Å². The molecule has 0 aliphatic carbocycles. The third-order valence-electron chi connectivity index (χ3n) is 3.66. The van der Waals surface area contributed by atoms with Crippen LogP contribution in [0.15, 0.2) is 12.4 Å². The average molecular weight is 265 g/mol. The fraction of sp³-hybridized carbons (Fsp3) is 0.615. The number of carboxylic acids is 1. The number of nitrogens with zero attached hydrogens (tertiary/aromatic N) is 3. The van der Waals surface area contributed by atoms with Gasteiger partial charge in [-0.1, -0.05) is 13.3 Å². The Bertz CT molecular complexity index is 483. The molecule has 1 aromatic rings. The maximum Gasteiger partial charge on any atom is 0.308 e. The van der Waals surface area contributed by atoms with Crippen LogP contribution in [0, 0.1) is 11.8 Å². The lowest BCUT2D eigenvalue weighted by Crippen LogP contribution is -2.29. The molecule has 0 aromatic carbocycles. The number of likely N-dealkylation sites (tertiary alicyclic amines) is 1. The number of rotatable bonds is 4. The number of carbonyl (C=O) groups excluding carboxylic acids is 1. The van der Waals surface area contributed by atoms with Crippen LogP contribution < -0.4 is 0 Å². The molecule has 19 heavy (non-hydrogen) atoms. The molecule has 0 radical (unpaired) electrons. The van der Waals surface area contributed by atoms with Gasteiger partial charge in [0.1, 0.15) is 0 Å². The Morgan fingerprint density at radius 3 is 2.74 bits per heavy atom. The van der Waals surface area contributed by atoms with Crippen molar-refractivity contribution in [3.05, 3.63) is 18.0 Å². The van der Waals surface area contributed by atoms with Gasteiger partial charge in [-0.25, -0.2) is 0 Å². The Balaban J connectivity index is 2.10. The molecule has 1 saturated heterocycles. The van der Waals surface area contributed by atoms with Gasteiger partial charge in [-0.3, -0.25) is 14.3 Å². The van der Waals surface area contributed by atoms with E-state index in [9.17, 15) is 14.7 Å². The monoisotopic (exact) mass is 265 g/mol. The molecular weight excluding hydrogens is 246 g/mol. The summed E-state index contributed by atoms with van der Waals surface area (Å²) in [7, 11) is 1.75. The van der Waals surface area contributed by atoms with Gasteiger partial charge in [-0.05, 0) is 12.3 Å². The normalized spacial score (nSPS) is 22.7. The first-order chi connectivity index (χ1) is 9.02. The van der Waals surface area contributed by atoms with Crippen molar-refractivity contribution in [1.82, 2.24) is 14.7 Å². The lowest BCUT2D eigenvalue weighted by molar-refractivity contribution is -0.142. The molecule has 1 amide bonds. The highest BCUT2D eigenvalue weighted by molar-refractivity contribution is 5.94. The van der Waals surface area contributed by atoms with Gasteiger partial charge < -0.3 is 10.0 Å². The van der Waals surface area contributed by atoms with E-state index in [0.717, 1.165) is 12.8 Å². The van der Waals surface area contributed by atoms with Gasteiger partial charge in [0.2, 0.25) is 0 Å². The molecule has 0 saturated carbocycles. The molecule has 1 aliphatic heterocycles. The fourth-order valence-electron chi connectivity index (χ4n) is 2.69. The lowest BCUT2D eigenvalue weighted by atomic mass is 9.92. The Morgan fingerprint density at radius 2 is 2.21 bits per heavy atom. The molecule has 6 heteroatoms. The van der Waals surface area contributed by atoms with Crippen molar-refractivity contribution in [2.45, 2.75) is 19.8 Å². The molecule has 1 N–H and O–H groups in total. The minimum Gasteiger partial charge on any atom is -0.481 e. The molecule has 1 aromatic heterocycles. The number of carboxylic acid groups (broad SMARTS) is 1. The van der Waals surface area contributed by atoms with Crippen molar-refractivity contribution in [3.63, 3.8) is 0 Å². The Kier molecular flexibility index (Phi) is 3.87. The second-order valence-electron chi connectivity index (χ2n) is 5.11. The maximum atomic E-state index is 12.3. The molecule has 1 fully saturated rings. The molecule has 1 aliphatic rings. The van der Waals surface area contributed by atoms with Crippen LogP contribution in [0.25, 0.3) is 0 Å². The van der Waals surface area contributed by atoms with Crippen LogP contribution in [0.4, 0.5) is 0 Å². The molecule has 104 valence electrons. The van der Waals surface area contributed by atoms with Crippen LogP contribution in [-0.2, 0) is 11.8 Å². The largest absolute Gasteiger partial charge is 0.481 e. The van der Waals surface area contributed by atoms with Gasteiger partial charge in [0, 0.05) is 26.3 Å². The molecule has 2 atom stereocenters. The van der Waals surface area contributed by atoms with Crippen LogP contribution >= 0.6 is 0 Å². The van der Waals surface area contributed by atoms with Crippen molar-refractivity contribution in [2.75, 3.05) is 13.1 Å². The van der Waals surface area contributed by atoms with Crippen LogP contribution in [0.1, 0.15) is 30.1 Å². The summed E-state index contributed by atoms with van der Waals surface area (Å²) in [6.45, 7) is 2.86. The molecule has 0 spiro atoms. The summed E-state index contributed by atoms with van der Waals surface area (Å²) in [6.07, 6.45) is 4.95. The van der Waals surface area contributed by atoms with E-state index in [2.05, 4.69) is 5.10 Å². The molecule has 6 nitrogen and oxygen atoms in total. The standard InChI is InChI=1S/C13H19N3O3/c1-3-4-9-7-16(8-11(9)13(18)19)12(17)10-5-14-15(2)6-10/h5-6,9,11H,3-4,7-8H2,1-2H3,(H,18,19)/t9-,11-/m1/s1. The topological polar surface area (TPSA) is 75.4 Å². The van der Waals surface area contributed by atoms with Gasteiger partial charge in [0.15, 0.2) is 0 Å². The van der Waals surface area contributed by atoms with E-state index in [1.54, 1.807) is 22.8 Å². The third kappa shape index (κ3) is 2.77. The maximum absolute atomic E-state index is 12.3. The van der Waals surface area contributed by atoms with E-state index in [1.165, 1.54) is 6.20 Å². The number of hydrogen-bond acceptors (Lipinski definition) is 3. The summed E-state index contributed by atoms with van der Waals surface area (Å²) < 4.78 is 1.57. The number of carbonyl (C=O) groups is 2. The number of aliphatic carboxylic acids is 1. The zero-order chi connectivity index (χ0) is 14.0. The second kappa shape index (κ2) is 5.42. The number of aromatic nitrogens is 2.